The maximum Gasteiger partial charge on any atom is 0.268 e. The first-order valence-corrected chi connectivity index (χ1v) is 13.4. The van der Waals surface area contributed by atoms with Crippen molar-refractivity contribution in [2.75, 3.05) is 37.7 Å². The third-order valence-corrected chi connectivity index (χ3v) is 10.0. The summed E-state index contributed by atoms with van der Waals surface area (Å²) >= 11 is 0. The van der Waals surface area contributed by atoms with Gasteiger partial charge in [-0.05, 0) is 84.5 Å². The van der Waals surface area contributed by atoms with Crippen molar-refractivity contribution in [3.8, 4) is 0 Å². The van der Waals surface area contributed by atoms with Gasteiger partial charge in [0.15, 0.2) is 0 Å². The highest BCUT2D eigenvalue weighted by molar-refractivity contribution is 5.93. The van der Waals surface area contributed by atoms with Gasteiger partial charge in [0, 0.05) is 25.8 Å². The standard InChI is InChI=1S/C26H32N8O2/c35-23(27-16-25-10-17-8-18-9-19(12-25)26(18,11-17)15-25)21-2-1-3-22-28-20(13-33(21)22)14-34-30-24(29-31-34)32-4-6-36-7-5-32/h1-3,13,17-19H,4-12,14-16H2,(H,27,35). The lowest BCUT2D eigenvalue weighted by molar-refractivity contribution is -0.00254. The first kappa shape index (κ1) is 21.1. The van der Waals surface area contributed by atoms with Crippen LogP contribution in [0.3, 0.4) is 0 Å². The summed E-state index contributed by atoms with van der Waals surface area (Å²) in [5, 5.41) is 16.3. The van der Waals surface area contributed by atoms with Crippen LogP contribution in [0.4, 0.5) is 5.95 Å². The van der Waals surface area contributed by atoms with Crippen molar-refractivity contribution < 1.29 is 9.53 Å². The summed E-state index contributed by atoms with van der Waals surface area (Å²) in [6, 6.07) is 5.72. The van der Waals surface area contributed by atoms with E-state index >= 15 is 0 Å². The Balaban J connectivity index is 0.983. The van der Waals surface area contributed by atoms with Gasteiger partial charge in [-0.25, -0.2) is 4.98 Å². The average Bonchev–Trinajstić information content (AvgIpc) is 3.61. The van der Waals surface area contributed by atoms with Crippen molar-refractivity contribution >= 4 is 17.5 Å². The van der Waals surface area contributed by atoms with Crippen LogP contribution in [0, 0.1) is 28.6 Å². The fourth-order valence-corrected chi connectivity index (χ4v) is 8.76. The highest BCUT2D eigenvalue weighted by atomic mass is 16.5. The van der Waals surface area contributed by atoms with Crippen molar-refractivity contribution in [3.05, 3.63) is 35.8 Å². The van der Waals surface area contributed by atoms with Crippen LogP contribution < -0.4 is 10.2 Å². The number of carbonyl (C=O) groups excluding carboxylic acids is 1. The molecule has 4 aliphatic carbocycles. The number of imidazole rings is 1. The quantitative estimate of drug-likeness (QED) is 0.567. The van der Waals surface area contributed by atoms with E-state index in [0.717, 1.165) is 48.7 Å². The molecule has 1 saturated heterocycles. The number of anilines is 1. The summed E-state index contributed by atoms with van der Waals surface area (Å²) in [4.78, 5) is 21.7. The first-order valence-electron chi connectivity index (χ1n) is 13.4. The molecule has 36 heavy (non-hydrogen) atoms. The molecule has 5 unspecified atom stereocenters. The lowest BCUT2D eigenvalue weighted by Gasteiger charge is -2.49. The van der Waals surface area contributed by atoms with Crippen molar-refractivity contribution in [2.45, 2.75) is 45.1 Å². The zero-order valence-electron chi connectivity index (χ0n) is 20.5. The summed E-state index contributed by atoms with van der Waals surface area (Å²) < 4.78 is 7.29. The summed E-state index contributed by atoms with van der Waals surface area (Å²) in [5.41, 5.74) is 3.13. The molecular weight excluding hydrogens is 456 g/mol. The number of hydrogen-bond acceptors (Lipinski definition) is 7. The topological polar surface area (TPSA) is 102 Å². The molecule has 1 N–H and O–H groups in total. The molecule has 3 bridgehead atoms. The number of hydrogen-bond donors (Lipinski definition) is 1. The molecule has 1 amide bonds. The van der Waals surface area contributed by atoms with Crippen LogP contribution in [0.15, 0.2) is 24.4 Å². The molecule has 1 spiro atoms. The minimum atomic E-state index is -0.0152. The predicted octanol–water partition coefficient (Wildman–Crippen LogP) is 2.15. The molecule has 188 valence electrons. The van der Waals surface area contributed by atoms with Crippen LogP contribution in [0.25, 0.3) is 5.65 Å². The van der Waals surface area contributed by atoms with Gasteiger partial charge in [-0.1, -0.05) is 11.2 Å². The molecule has 0 radical (unpaired) electrons. The Morgan fingerprint density at radius 3 is 2.97 bits per heavy atom. The van der Waals surface area contributed by atoms with E-state index in [2.05, 4.69) is 25.6 Å². The van der Waals surface area contributed by atoms with Gasteiger partial charge < -0.3 is 15.0 Å². The minimum Gasteiger partial charge on any atom is -0.378 e. The van der Waals surface area contributed by atoms with Gasteiger partial charge in [-0.2, -0.15) is 4.80 Å². The van der Waals surface area contributed by atoms with Gasteiger partial charge in [0.05, 0.1) is 18.9 Å². The number of nitrogens with one attached hydrogen (secondary N) is 1. The maximum atomic E-state index is 13.4. The van der Waals surface area contributed by atoms with Crippen LogP contribution in [0.5, 0.6) is 0 Å². The number of rotatable bonds is 6. The van der Waals surface area contributed by atoms with E-state index in [1.165, 1.54) is 38.5 Å². The van der Waals surface area contributed by atoms with E-state index in [-0.39, 0.29) is 5.91 Å². The molecule has 1 aliphatic heterocycles. The number of fused-ring (bicyclic) bond motifs is 3. The Bertz CT molecular complexity index is 1340. The number of nitrogens with zero attached hydrogens (tertiary/aromatic N) is 7. The van der Waals surface area contributed by atoms with Gasteiger partial charge in [-0.3, -0.25) is 9.20 Å². The smallest absolute Gasteiger partial charge is 0.268 e. The van der Waals surface area contributed by atoms with Crippen LogP contribution in [0.1, 0.15) is 54.7 Å². The minimum absolute atomic E-state index is 0.0152. The lowest BCUT2D eigenvalue weighted by atomic mass is 9.55. The predicted molar refractivity (Wildman–Crippen MR) is 131 cm³/mol. The number of ether oxygens (including phenoxy) is 1. The third kappa shape index (κ3) is 3.09. The van der Waals surface area contributed by atoms with Crippen molar-refractivity contribution in [1.82, 2.24) is 34.9 Å². The van der Waals surface area contributed by atoms with Crippen molar-refractivity contribution in [3.63, 3.8) is 0 Å². The number of tetrazole rings is 1. The van der Waals surface area contributed by atoms with E-state index in [1.54, 1.807) is 4.80 Å². The molecule has 5 fully saturated rings. The SMILES string of the molecule is O=C(NCC12CC3CC4CC(C1)C4(C3)C2)c1cccc2nc(Cn3nnc(N4CCOCC4)n3)cn12. The highest BCUT2D eigenvalue weighted by Crippen LogP contribution is 2.78. The highest BCUT2D eigenvalue weighted by Gasteiger charge is 2.70. The molecule has 10 heteroatoms. The van der Waals surface area contributed by atoms with Gasteiger partial charge in [-0.15, -0.1) is 5.10 Å². The van der Waals surface area contributed by atoms with E-state index in [1.807, 2.05) is 28.8 Å². The molecule has 3 aromatic heterocycles. The zero-order valence-corrected chi connectivity index (χ0v) is 20.5. The van der Waals surface area contributed by atoms with Gasteiger partial charge in [0.1, 0.15) is 17.9 Å². The maximum absolute atomic E-state index is 13.4. The number of amides is 1. The van der Waals surface area contributed by atoms with E-state index in [9.17, 15) is 4.79 Å². The second kappa shape index (κ2) is 7.50. The Morgan fingerprint density at radius 2 is 2.06 bits per heavy atom. The van der Waals surface area contributed by atoms with Crippen LogP contribution in [0.2, 0.25) is 0 Å². The molecule has 10 nitrogen and oxygen atoms in total. The zero-order chi connectivity index (χ0) is 23.9. The van der Waals surface area contributed by atoms with E-state index in [4.69, 9.17) is 9.72 Å². The number of carbonyl (C=O) groups is 1. The fraction of sp³-hybridized carbons (Fsp3) is 0.654. The van der Waals surface area contributed by atoms with Gasteiger partial charge in [0.2, 0.25) is 0 Å². The Morgan fingerprint density at radius 1 is 1.14 bits per heavy atom. The molecule has 8 rings (SSSR count). The van der Waals surface area contributed by atoms with Crippen molar-refractivity contribution in [1.29, 1.82) is 0 Å². The van der Waals surface area contributed by atoms with Crippen LogP contribution >= 0.6 is 0 Å². The first-order chi connectivity index (χ1) is 17.6. The Kier molecular flexibility index (Phi) is 4.40. The summed E-state index contributed by atoms with van der Waals surface area (Å²) in [5.74, 6) is 3.39. The van der Waals surface area contributed by atoms with Crippen LogP contribution in [-0.4, -0.2) is 68.3 Å². The number of morpholine rings is 1. The molecule has 4 saturated carbocycles. The molecule has 3 aromatic rings. The molecular formula is C26H32N8O2. The second-order valence-corrected chi connectivity index (χ2v) is 12.0. The van der Waals surface area contributed by atoms with Gasteiger partial charge >= 0.3 is 0 Å². The molecule has 5 aliphatic rings. The largest absolute Gasteiger partial charge is 0.378 e. The van der Waals surface area contributed by atoms with E-state index < -0.39 is 0 Å². The lowest BCUT2D eigenvalue weighted by Crippen LogP contribution is -2.43. The third-order valence-electron chi connectivity index (χ3n) is 10.0. The van der Waals surface area contributed by atoms with Crippen molar-refractivity contribution in [2.24, 2.45) is 28.6 Å². The Hall–Kier alpha value is -3.01. The summed E-state index contributed by atoms with van der Waals surface area (Å²) in [7, 11) is 0. The summed E-state index contributed by atoms with van der Waals surface area (Å²) in [6.45, 7) is 4.09. The van der Waals surface area contributed by atoms with Crippen LogP contribution in [-0.2, 0) is 11.3 Å². The molecule has 4 heterocycles. The normalized spacial score (nSPS) is 34.2. The number of aromatic nitrogens is 6. The average molecular weight is 489 g/mol. The molecule has 0 aromatic carbocycles. The van der Waals surface area contributed by atoms with E-state index in [0.29, 0.717) is 42.2 Å². The van der Waals surface area contributed by atoms with Gasteiger partial charge in [0.25, 0.3) is 11.9 Å². The number of pyridine rings is 1. The second-order valence-electron chi connectivity index (χ2n) is 12.0. The molecule has 5 atom stereocenters. The monoisotopic (exact) mass is 488 g/mol. The Labute approximate surface area is 209 Å². The summed E-state index contributed by atoms with van der Waals surface area (Å²) in [6.07, 6.45) is 10.2. The fourth-order valence-electron chi connectivity index (χ4n) is 8.76.